The molecule has 0 aromatic heterocycles. The minimum Gasteiger partial charge on any atom is -0.342 e. The fraction of sp³-hybridized carbons (Fsp3) is 0.625. The van der Waals surface area contributed by atoms with Crippen LogP contribution in [0.3, 0.4) is 0 Å². The summed E-state index contributed by atoms with van der Waals surface area (Å²) in [6.45, 7) is 10.5. The topological polar surface area (TPSA) is 73.0 Å². The molecule has 170 valence electrons. The number of likely N-dealkylation sites (tertiary alicyclic amines) is 1. The number of carbonyl (C=O) groups excluding carboxylic acids is 3. The fourth-order valence-electron chi connectivity index (χ4n) is 4.28. The Kier molecular flexibility index (Phi) is 8.07. The molecule has 2 saturated heterocycles. The number of nitrogens with zero attached hydrogens (tertiary/aromatic N) is 3. The lowest BCUT2D eigenvalue weighted by molar-refractivity contribution is -0.137. The molecule has 0 spiro atoms. The summed E-state index contributed by atoms with van der Waals surface area (Å²) in [5.41, 5.74) is 1.58. The van der Waals surface area contributed by atoms with Crippen molar-refractivity contribution in [3.05, 3.63) is 35.4 Å². The van der Waals surface area contributed by atoms with Gasteiger partial charge < -0.3 is 15.1 Å². The van der Waals surface area contributed by atoms with Crippen molar-refractivity contribution in [2.75, 3.05) is 45.8 Å². The molecule has 2 aliphatic heterocycles. The number of benzene rings is 1. The highest BCUT2D eigenvalue weighted by molar-refractivity contribution is 5.97. The maximum absolute atomic E-state index is 13.2. The Labute approximate surface area is 185 Å². The standard InChI is InChI=1S/C24H36N4O3/c1-18(2)22(25-23(30)20-9-7-8-19(3)16-20)24(31)28-14-12-26(13-15-28)17-21(29)27-10-5-4-6-11-27/h7-9,16,18,22H,4-6,10-15,17H2,1-3H3,(H,25,30). The molecule has 3 amide bonds. The molecule has 31 heavy (non-hydrogen) atoms. The second-order valence-electron chi connectivity index (χ2n) is 9.11. The van der Waals surface area contributed by atoms with Gasteiger partial charge in [-0.3, -0.25) is 19.3 Å². The lowest BCUT2D eigenvalue weighted by Gasteiger charge is -2.38. The molecule has 0 aliphatic carbocycles. The summed E-state index contributed by atoms with van der Waals surface area (Å²) in [4.78, 5) is 44.3. The third-order valence-corrected chi connectivity index (χ3v) is 6.25. The largest absolute Gasteiger partial charge is 0.342 e. The number of nitrogens with one attached hydrogen (secondary N) is 1. The summed E-state index contributed by atoms with van der Waals surface area (Å²) in [7, 11) is 0. The normalized spacial score (nSPS) is 18.7. The van der Waals surface area contributed by atoms with E-state index < -0.39 is 6.04 Å². The number of hydrogen-bond acceptors (Lipinski definition) is 4. The number of aryl methyl sites for hydroxylation is 1. The highest BCUT2D eigenvalue weighted by Crippen LogP contribution is 2.13. The van der Waals surface area contributed by atoms with Crippen LogP contribution in [0.4, 0.5) is 0 Å². The molecule has 1 aromatic rings. The molecule has 7 heteroatoms. The first kappa shape index (κ1) is 23.3. The Morgan fingerprint density at radius 3 is 2.23 bits per heavy atom. The number of piperazine rings is 1. The molecule has 1 atom stereocenters. The van der Waals surface area contributed by atoms with Crippen molar-refractivity contribution in [3.63, 3.8) is 0 Å². The molecule has 3 rings (SSSR count). The van der Waals surface area contributed by atoms with E-state index >= 15 is 0 Å². The van der Waals surface area contributed by atoms with Gasteiger partial charge in [0.2, 0.25) is 11.8 Å². The average Bonchev–Trinajstić information content (AvgIpc) is 2.77. The van der Waals surface area contributed by atoms with Crippen molar-refractivity contribution in [1.29, 1.82) is 0 Å². The van der Waals surface area contributed by atoms with Gasteiger partial charge in [0.25, 0.3) is 5.91 Å². The van der Waals surface area contributed by atoms with E-state index in [-0.39, 0.29) is 23.6 Å². The predicted octanol–water partition coefficient (Wildman–Crippen LogP) is 1.91. The summed E-state index contributed by atoms with van der Waals surface area (Å²) in [6.07, 6.45) is 3.40. The van der Waals surface area contributed by atoms with E-state index in [1.807, 2.05) is 48.8 Å². The Bertz CT molecular complexity index is 781. The van der Waals surface area contributed by atoms with Crippen LogP contribution in [0.2, 0.25) is 0 Å². The summed E-state index contributed by atoms with van der Waals surface area (Å²) >= 11 is 0. The fourth-order valence-corrected chi connectivity index (χ4v) is 4.28. The van der Waals surface area contributed by atoms with Crippen molar-refractivity contribution in [3.8, 4) is 0 Å². The van der Waals surface area contributed by atoms with Gasteiger partial charge in [-0.2, -0.15) is 0 Å². The van der Waals surface area contributed by atoms with Crippen LogP contribution in [0.1, 0.15) is 49.0 Å². The van der Waals surface area contributed by atoms with Crippen LogP contribution in [0.5, 0.6) is 0 Å². The molecule has 0 bridgehead atoms. The molecule has 0 saturated carbocycles. The van der Waals surface area contributed by atoms with Gasteiger partial charge in [0.15, 0.2) is 0 Å². The van der Waals surface area contributed by atoms with Crippen molar-refractivity contribution < 1.29 is 14.4 Å². The lowest BCUT2D eigenvalue weighted by Crippen LogP contribution is -2.57. The second kappa shape index (κ2) is 10.8. The molecule has 1 unspecified atom stereocenters. The first-order valence-corrected chi connectivity index (χ1v) is 11.5. The molecule has 1 aromatic carbocycles. The zero-order chi connectivity index (χ0) is 22.4. The highest BCUT2D eigenvalue weighted by atomic mass is 16.2. The van der Waals surface area contributed by atoms with Gasteiger partial charge in [0.1, 0.15) is 6.04 Å². The van der Waals surface area contributed by atoms with Crippen molar-refractivity contribution >= 4 is 17.7 Å². The first-order chi connectivity index (χ1) is 14.8. The molecule has 2 heterocycles. The van der Waals surface area contributed by atoms with E-state index in [9.17, 15) is 14.4 Å². The Morgan fingerprint density at radius 2 is 1.61 bits per heavy atom. The predicted molar refractivity (Wildman–Crippen MR) is 121 cm³/mol. The van der Waals surface area contributed by atoms with Crippen molar-refractivity contribution in [2.24, 2.45) is 5.92 Å². The number of hydrogen-bond donors (Lipinski definition) is 1. The van der Waals surface area contributed by atoms with E-state index in [1.54, 1.807) is 6.07 Å². The molecule has 0 radical (unpaired) electrons. The van der Waals surface area contributed by atoms with E-state index in [4.69, 9.17) is 0 Å². The van der Waals surface area contributed by atoms with Crippen molar-refractivity contribution in [1.82, 2.24) is 20.0 Å². The van der Waals surface area contributed by atoms with E-state index in [0.717, 1.165) is 31.5 Å². The van der Waals surface area contributed by atoms with Crippen LogP contribution in [0, 0.1) is 12.8 Å². The van der Waals surface area contributed by atoms with Crippen LogP contribution < -0.4 is 5.32 Å². The number of carbonyl (C=O) groups is 3. The number of amides is 3. The molecular weight excluding hydrogens is 392 g/mol. The monoisotopic (exact) mass is 428 g/mol. The average molecular weight is 429 g/mol. The summed E-state index contributed by atoms with van der Waals surface area (Å²) in [5, 5.41) is 2.94. The van der Waals surface area contributed by atoms with Crippen LogP contribution in [0.25, 0.3) is 0 Å². The van der Waals surface area contributed by atoms with E-state index in [1.165, 1.54) is 6.42 Å². The maximum atomic E-state index is 13.2. The van der Waals surface area contributed by atoms with E-state index in [0.29, 0.717) is 38.3 Å². The summed E-state index contributed by atoms with van der Waals surface area (Å²) < 4.78 is 0. The van der Waals surface area contributed by atoms with Crippen LogP contribution in [0.15, 0.2) is 24.3 Å². The molecular formula is C24H36N4O3. The van der Waals surface area contributed by atoms with E-state index in [2.05, 4.69) is 10.2 Å². The minimum absolute atomic E-state index is 0.0139. The summed E-state index contributed by atoms with van der Waals surface area (Å²) in [6, 6.07) is 6.82. The minimum atomic E-state index is -0.561. The van der Waals surface area contributed by atoms with Gasteiger partial charge in [-0.25, -0.2) is 0 Å². The lowest BCUT2D eigenvalue weighted by atomic mass is 10.0. The van der Waals surface area contributed by atoms with Crippen LogP contribution in [-0.4, -0.2) is 84.3 Å². The van der Waals surface area contributed by atoms with Gasteiger partial charge in [0, 0.05) is 44.8 Å². The molecule has 7 nitrogen and oxygen atoms in total. The smallest absolute Gasteiger partial charge is 0.251 e. The maximum Gasteiger partial charge on any atom is 0.251 e. The van der Waals surface area contributed by atoms with Gasteiger partial charge in [0.05, 0.1) is 6.54 Å². The van der Waals surface area contributed by atoms with Gasteiger partial charge in [-0.1, -0.05) is 31.5 Å². The third-order valence-electron chi connectivity index (χ3n) is 6.25. The van der Waals surface area contributed by atoms with Crippen LogP contribution in [-0.2, 0) is 9.59 Å². The van der Waals surface area contributed by atoms with Gasteiger partial charge >= 0.3 is 0 Å². The third kappa shape index (κ3) is 6.29. The number of piperidine rings is 1. The first-order valence-electron chi connectivity index (χ1n) is 11.5. The Morgan fingerprint density at radius 1 is 0.935 bits per heavy atom. The van der Waals surface area contributed by atoms with Crippen LogP contribution >= 0.6 is 0 Å². The van der Waals surface area contributed by atoms with Gasteiger partial charge in [-0.05, 0) is 44.2 Å². The van der Waals surface area contributed by atoms with Gasteiger partial charge in [-0.15, -0.1) is 0 Å². The zero-order valence-electron chi connectivity index (χ0n) is 19.1. The zero-order valence-corrected chi connectivity index (χ0v) is 19.1. The van der Waals surface area contributed by atoms with Crippen molar-refractivity contribution in [2.45, 2.75) is 46.1 Å². The second-order valence-corrected chi connectivity index (χ2v) is 9.11. The molecule has 1 N–H and O–H groups in total. The highest BCUT2D eigenvalue weighted by Gasteiger charge is 2.31. The molecule has 2 fully saturated rings. The Hall–Kier alpha value is -2.41. The number of rotatable bonds is 6. The quantitative estimate of drug-likeness (QED) is 0.751. The Balaban J connectivity index is 1.52. The molecule has 2 aliphatic rings. The SMILES string of the molecule is Cc1cccc(C(=O)NC(C(=O)N2CCN(CC(=O)N3CCCCC3)CC2)C(C)C)c1. The summed E-state index contributed by atoms with van der Waals surface area (Å²) in [5.74, 6) is -0.0792.